The third kappa shape index (κ3) is 4.44. The van der Waals surface area contributed by atoms with Crippen molar-refractivity contribution in [1.29, 1.82) is 0 Å². The molecule has 1 rings (SSSR count). The Hall–Kier alpha value is -0.880. The molecule has 0 aliphatic carbocycles. The van der Waals surface area contributed by atoms with Crippen LogP contribution in [0.4, 0.5) is 0 Å². The first-order chi connectivity index (χ1) is 7.24. The number of ether oxygens (including phenoxy) is 1. The van der Waals surface area contributed by atoms with Crippen molar-refractivity contribution in [2.24, 2.45) is 0 Å². The summed E-state index contributed by atoms with van der Waals surface area (Å²) in [5.74, 6) is -0.262. The van der Waals surface area contributed by atoms with Gasteiger partial charge in [0.05, 0.1) is 13.7 Å². The highest BCUT2D eigenvalue weighted by Crippen LogP contribution is 1.99. The second kappa shape index (κ2) is 6.58. The van der Waals surface area contributed by atoms with Gasteiger partial charge in [0.15, 0.2) is 0 Å². The Morgan fingerprint density at radius 1 is 1.73 bits per heavy atom. The molecule has 1 aromatic rings. The van der Waals surface area contributed by atoms with E-state index >= 15 is 0 Å². The molecule has 6 heteroatoms. The highest BCUT2D eigenvalue weighted by Gasteiger charge is 2.13. The molecule has 1 unspecified atom stereocenters. The summed E-state index contributed by atoms with van der Waals surface area (Å²) in [5.41, 5.74) is 0. The Bertz CT molecular complexity index is 290. The van der Waals surface area contributed by atoms with Gasteiger partial charge in [-0.1, -0.05) is 15.9 Å². The number of carbonyl (C=O) groups excluding carboxylic acids is 1. The Kier molecular flexibility index (Phi) is 5.34. The largest absolute Gasteiger partial charge is 0.468 e. The highest BCUT2D eigenvalue weighted by molar-refractivity contribution is 9.10. The SMILES string of the molecule is COC(=O)C(Br)CNCCn1cccn1. The van der Waals surface area contributed by atoms with Gasteiger partial charge in [-0.25, -0.2) is 0 Å². The number of aromatic nitrogens is 2. The topological polar surface area (TPSA) is 56.1 Å². The monoisotopic (exact) mass is 275 g/mol. The summed E-state index contributed by atoms with van der Waals surface area (Å²) < 4.78 is 6.40. The fraction of sp³-hybridized carbons (Fsp3) is 0.556. The molecule has 0 aliphatic heterocycles. The molecular weight excluding hydrogens is 262 g/mol. The number of esters is 1. The van der Waals surface area contributed by atoms with Gasteiger partial charge in [0, 0.05) is 25.5 Å². The minimum absolute atomic E-state index is 0.262. The maximum Gasteiger partial charge on any atom is 0.320 e. The molecule has 0 amide bonds. The molecule has 0 fully saturated rings. The third-order valence-electron chi connectivity index (χ3n) is 1.86. The Morgan fingerprint density at radius 3 is 3.13 bits per heavy atom. The van der Waals surface area contributed by atoms with Gasteiger partial charge in [0.2, 0.25) is 0 Å². The first-order valence-corrected chi connectivity index (χ1v) is 5.55. The van der Waals surface area contributed by atoms with Crippen LogP contribution in [0.3, 0.4) is 0 Å². The van der Waals surface area contributed by atoms with E-state index in [0.29, 0.717) is 6.54 Å². The quantitative estimate of drug-likeness (QED) is 0.464. The lowest BCUT2D eigenvalue weighted by Crippen LogP contribution is -2.31. The Balaban J connectivity index is 2.09. The lowest BCUT2D eigenvalue weighted by molar-refractivity contribution is -0.139. The van der Waals surface area contributed by atoms with Gasteiger partial charge in [-0.15, -0.1) is 0 Å². The summed E-state index contributed by atoms with van der Waals surface area (Å²) >= 11 is 3.22. The van der Waals surface area contributed by atoms with Crippen LogP contribution in [0, 0.1) is 0 Å². The van der Waals surface area contributed by atoms with Crippen LogP contribution in [0.25, 0.3) is 0 Å². The van der Waals surface area contributed by atoms with Crippen molar-refractivity contribution in [3.8, 4) is 0 Å². The second-order valence-corrected chi connectivity index (χ2v) is 4.07. The fourth-order valence-electron chi connectivity index (χ4n) is 1.07. The van der Waals surface area contributed by atoms with E-state index in [2.05, 4.69) is 31.1 Å². The number of halogens is 1. The molecule has 84 valence electrons. The molecule has 5 nitrogen and oxygen atoms in total. The predicted molar refractivity (Wildman–Crippen MR) is 59.8 cm³/mol. The number of methoxy groups -OCH3 is 1. The van der Waals surface area contributed by atoms with Gasteiger partial charge < -0.3 is 10.1 Å². The molecule has 15 heavy (non-hydrogen) atoms. The first kappa shape index (κ1) is 12.2. The van der Waals surface area contributed by atoms with Crippen LogP contribution >= 0.6 is 15.9 Å². The van der Waals surface area contributed by atoms with Crippen LogP contribution in [0.2, 0.25) is 0 Å². The lowest BCUT2D eigenvalue weighted by atomic mass is 10.4. The smallest absolute Gasteiger partial charge is 0.320 e. The summed E-state index contributed by atoms with van der Waals surface area (Å²) in [5, 5.41) is 7.19. The van der Waals surface area contributed by atoms with Crippen molar-refractivity contribution >= 4 is 21.9 Å². The summed E-state index contributed by atoms with van der Waals surface area (Å²) in [7, 11) is 1.38. The van der Waals surface area contributed by atoms with E-state index in [0.717, 1.165) is 13.1 Å². The molecule has 0 aromatic carbocycles. The molecule has 0 radical (unpaired) electrons. The zero-order chi connectivity index (χ0) is 11.1. The van der Waals surface area contributed by atoms with Crippen molar-refractivity contribution in [1.82, 2.24) is 15.1 Å². The molecule has 1 N–H and O–H groups in total. The maximum atomic E-state index is 11.0. The number of alkyl halides is 1. The van der Waals surface area contributed by atoms with Gasteiger partial charge in [-0.2, -0.15) is 5.10 Å². The van der Waals surface area contributed by atoms with Crippen LogP contribution in [0.15, 0.2) is 18.5 Å². The zero-order valence-corrected chi connectivity index (χ0v) is 10.1. The minimum atomic E-state index is -0.292. The first-order valence-electron chi connectivity index (χ1n) is 4.64. The van der Waals surface area contributed by atoms with Gasteiger partial charge >= 0.3 is 5.97 Å². The van der Waals surface area contributed by atoms with E-state index < -0.39 is 0 Å². The molecular formula is C9H14BrN3O2. The lowest BCUT2D eigenvalue weighted by Gasteiger charge is -2.08. The van der Waals surface area contributed by atoms with Crippen molar-refractivity contribution in [2.45, 2.75) is 11.4 Å². The Labute approximate surface area is 96.9 Å². The molecule has 0 saturated carbocycles. The van der Waals surface area contributed by atoms with E-state index in [1.54, 1.807) is 6.20 Å². The maximum absolute atomic E-state index is 11.0. The standard InChI is InChI=1S/C9H14BrN3O2/c1-15-9(14)8(10)7-11-4-6-13-5-2-3-12-13/h2-3,5,8,11H,4,6-7H2,1H3. The number of nitrogens with zero attached hydrogens (tertiary/aromatic N) is 2. The summed E-state index contributed by atoms with van der Waals surface area (Å²) in [6, 6.07) is 1.88. The summed E-state index contributed by atoms with van der Waals surface area (Å²) in [4.78, 5) is 10.7. The van der Waals surface area contributed by atoms with E-state index in [9.17, 15) is 4.79 Å². The minimum Gasteiger partial charge on any atom is -0.468 e. The second-order valence-electron chi connectivity index (χ2n) is 2.96. The van der Waals surface area contributed by atoms with Crippen molar-refractivity contribution in [3.05, 3.63) is 18.5 Å². The fourth-order valence-corrected chi connectivity index (χ4v) is 1.48. The van der Waals surface area contributed by atoms with Gasteiger partial charge in [0.1, 0.15) is 4.83 Å². The molecule has 1 aromatic heterocycles. The van der Waals surface area contributed by atoms with E-state index in [1.165, 1.54) is 7.11 Å². The third-order valence-corrected chi connectivity index (χ3v) is 2.55. The highest BCUT2D eigenvalue weighted by atomic mass is 79.9. The summed E-state index contributed by atoms with van der Waals surface area (Å²) in [6.45, 7) is 2.10. The predicted octanol–water partition coefficient (Wildman–Crippen LogP) is 0.409. The van der Waals surface area contributed by atoms with E-state index in [4.69, 9.17) is 0 Å². The molecule has 1 atom stereocenters. The molecule has 0 saturated heterocycles. The van der Waals surface area contributed by atoms with Crippen molar-refractivity contribution in [3.63, 3.8) is 0 Å². The molecule has 0 aliphatic rings. The van der Waals surface area contributed by atoms with Crippen molar-refractivity contribution in [2.75, 3.05) is 20.2 Å². The Morgan fingerprint density at radius 2 is 2.53 bits per heavy atom. The zero-order valence-electron chi connectivity index (χ0n) is 8.52. The van der Waals surface area contributed by atoms with Crippen molar-refractivity contribution < 1.29 is 9.53 Å². The normalized spacial score (nSPS) is 12.4. The van der Waals surface area contributed by atoms with Crippen LogP contribution in [-0.4, -0.2) is 40.8 Å². The number of nitrogens with one attached hydrogen (secondary N) is 1. The van der Waals surface area contributed by atoms with Gasteiger partial charge in [0.25, 0.3) is 0 Å². The van der Waals surface area contributed by atoms with Crippen LogP contribution in [0.1, 0.15) is 0 Å². The van der Waals surface area contributed by atoms with Crippen LogP contribution in [-0.2, 0) is 16.1 Å². The van der Waals surface area contributed by atoms with Gasteiger partial charge in [-0.05, 0) is 6.07 Å². The van der Waals surface area contributed by atoms with E-state index in [-0.39, 0.29) is 10.8 Å². The van der Waals surface area contributed by atoms with Crippen LogP contribution < -0.4 is 5.32 Å². The number of hydrogen-bond acceptors (Lipinski definition) is 4. The average molecular weight is 276 g/mol. The average Bonchev–Trinajstić information content (AvgIpc) is 2.75. The number of hydrogen-bond donors (Lipinski definition) is 1. The molecule has 0 bridgehead atoms. The van der Waals surface area contributed by atoms with Crippen LogP contribution in [0.5, 0.6) is 0 Å². The number of rotatable bonds is 6. The number of carbonyl (C=O) groups is 1. The van der Waals surface area contributed by atoms with E-state index in [1.807, 2.05) is 16.9 Å². The molecule has 1 heterocycles. The summed E-state index contributed by atoms with van der Waals surface area (Å²) in [6.07, 6.45) is 3.63. The molecule has 0 spiro atoms. The van der Waals surface area contributed by atoms with Gasteiger partial charge in [-0.3, -0.25) is 9.48 Å².